The lowest BCUT2D eigenvalue weighted by molar-refractivity contribution is 0.174. The fourth-order valence-corrected chi connectivity index (χ4v) is 2.71. The van der Waals surface area contributed by atoms with Gasteiger partial charge < -0.3 is 10.1 Å². The second-order valence-electron chi connectivity index (χ2n) is 5.95. The van der Waals surface area contributed by atoms with Crippen LogP contribution >= 0.6 is 0 Å². The van der Waals surface area contributed by atoms with Crippen LogP contribution in [0.25, 0.3) is 0 Å². The predicted molar refractivity (Wildman–Crippen MR) is 101 cm³/mol. The number of urea groups is 2. The third-order valence-electron chi connectivity index (χ3n) is 4.05. The molecule has 1 atom stereocenters. The number of aliphatic imine (C=N–C) groups is 2. The van der Waals surface area contributed by atoms with E-state index in [9.17, 15) is 9.59 Å². The highest BCUT2D eigenvalue weighted by Gasteiger charge is 2.34. The molecular formula is C19H20N4O3. The molecule has 1 aliphatic heterocycles. The molecule has 1 aromatic rings. The zero-order valence-electron chi connectivity index (χ0n) is 14.7. The van der Waals surface area contributed by atoms with Crippen molar-refractivity contribution < 1.29 is 14.3 Å². The number of rotatable bonds is 4. The van der Waals surface area contributed by atoms with Gasteiger partial charge in [-0.3, -0.25) is 4.90 Å². The molecule has 0 bridgehead atoms. The number of nitrogens with one attached hydrogen (secondary N) is 1. The van der Waals surface area contributed by atoms with Crippen LogP contribution in [0.4, 0.5) is 15.3 Å². The topological polar surface area (TPSA) is 83.4 Å². The predicted octanol–water partition coefficient (Wildman–Crippen LogP) is 3.19. The van der Waals surface area contributed by atoms with E-state index in [4.69, 9.17) is 4.74 Å². The number of methoxy groups -OCH3 is 1. The average Bonchev–Trinajstić information content (AvgIpc) is 2.63. The molecule has 0 aromatic heterocycles. The van der Waals surface area contributed by atoms with Gasteiger partial charge in [0.05, 0.1) is 24.8 Å². The first kappa shape index (κ1) is 17.8. The van der Waals surface area contributed by atoms with E-state index in [2.05, 4.69) is 15.3 Å². The molecule has 0 saturated carbocycles. The SMILES string of the molecule is COCCN1C(=O)N=C2C=CC=CC2/C1=N/C(=O)Nc1ccc(C)cc1. The molecule has 0 saturated heterocycles. The van der Waals surface area contributed by atoms with Crippen LogP contribution in [0.5, 0.6) is 0 Å². The van der Waals surface area contributed by atoms with Gasteiger partial charge in [0, 0.05) is 12.8 Å². The van der Waals surface area contributed by atoms with Crippen molar-refractivity contribution >= 4 is 29.3 Å². The number of carbonyl (C=O) groups excluding carboxylic acids is 2. The zero-order valence-corrected chi connectivity index (χ0v) is 14.7. The minimum absolute atomic E-state index is 0.275. The Morgan fingerprint density at radius 1 is 1.31 bits per heavy atom. The molecule has 0 spiro atoms. The Kier molecular flexibility index (Phi) is 5.38. The van der Waals surface area contributed by atoms with Crippen molar-refractivity contribution in [1.29, 1.82) is 0 Å². The van der Waals surface area contributed by atoms with E-state index in [-0.39, 0.29) is 12.5 Å². The van der Waals surface area contributed by atoms with Crippen molar-refractivity contribution in [3.63, 3.8) is 0 Å². The molecule has 2 aliphatic rings. The van der Waals surface area contributed by atoms with Crippen molar-refractivity contribution in [3.05, 3.63) is 54.1 Å². The Labute approximate surface area is 151 Å². The molecule has 1 aliphatic carbocycles. The molecule has 0 radical (unpaired) electrons. The van der Waals surface area contributed by atoms with Gasteiger partial charge >= 0.3 is 12.1 Å². The van der Waals surface area contributed by atoms with Gasteiger partial charge in [-0.1, -0.05) is 35.9 Å². The summed E-state index contributed by atoms with van der Waals surface area (Å²) < 4.78 is 5.06. The van der Waals surface area contributed by atoms with Crippen LogP contribution in [-0.2, 0) is 4.74 Å². The summed E-state index contributed by atoms with van der Waals surface area (Å²) in [5.41, 5.74) is 2.31. The Morgan fingerprint density at radius 3 is 2.81 bits per heavy atom. The van der Waals surface area contributed by atoms with Gasteiger partial charge in [0.2, 0.25) is 0 Å². The number of amidine groups is 1. The van der Waals surface area contributed by atoms with Crippen LogP contribution in [-0.4, -0.2) is 48.8 Å². The highest BCUT2D eigenvalue weighted by Crippen LogP contribution is 2.21. The molecule has 26 heavy (non-hydrogen) atoms. The third-order valence-corrected chi connectivity index (χ3v) is 4.05. The van der Waals surface area contributed by atoms with E-state index < -0.39 is 12.1 Å². The summed E-state index contributed by atoms with van der Waals surface area (Å²) in [7, 11) is 1.55. The maximum Gasteiger partial charge on any atom is 0.349 e. The molecule has 7 heteroatoms. The maximum absolute atomic E-state index is 12.4. The first-order chi connectivity index (χ1) is 12.6. The molecular weight excluding hydrogens is 332 g/mol. The second kappa shape index (κ2) is 7.88. The molecule has 3 rings (SSSR count). The number of amides is 4. The van der Waals surface area contributed by atoms with Crippen molar-refractivity contribution in [2.24, 2.45) is 15.9 Å². The average molecular weight is 352 g/mol. The summed E-state index contributed by atoms with van der Waals surface area (Å²) in [6.45, 7) is 2.56. The number of hydrogen-bond donors (Lipinski definition) is 1. The van der Waals surface area contributed by atoms with Gasteiger partial charge in [-0.2, -0.15) is 9.98 Å². The van der Waals surface area contributed by atoms with Crippen LogP contribution in [0.2, 0.25) is 0 Å². The number of fused-ring (bicyclic) bond motifs is 1. The highest BCUT2D eigenvalue weighted by molar-refractivity contribution is 6.24. The number of benzene rings is 1. The van der Waals surface area contributed by atoms with Crippen molar-refractivity contribution in [3.8, 4) is 0 Å². The van der Waals surface area contributed by atoms with Gasteiger partial charge in [-0.15, -0.1) is 0 Å². The van der Waals surface area contributed by atoms with E-state index in [0.717, 1.165) is 5.56 Å². The van der Waals surface area contributed by atoms with E-state index in [1.807, 2.05) is 31.2 Å². The summed E-state index contributed by atoms with van der Waals surface area (Å²) in [4.78, 5) is 34.4. The Hall–Kier alpha value is -3.06. The normalized spacial score (nSPS) is 20.2. The lowest BCUT2D eigenvalue weighted by Crippen LogP contribution is -2.48. The van der Waals surface area contributed by atoms with E-state index >= 15 is 0 Å². The lowest BCUT2D eigenvalue weighted by atomic mass is 9.95. The lowest BCUT2D eigenvalue weighted by Gasteiger charge is -2.31. The van der Waals surface area contributed by atoms with Gasteiger partial charge in [0.25, 0.3) is 0 Å². The largest absolute Gasteiger partial charge is 0.383 e. The first-order valence-electron chi connectivity index (χ1n) is 8.28. The van der Waals surface area contributed by atoms with E-state index in [1.54, 1.807) is 31.4 Å². The Bertz CT molecular complexity index is 822. The Morgan fingerprint density at radius 2 is 2.08 bits per heavy atom. The van der Waals surface area contributed by atoms with E-state index in [0.29, 0.717) is 23.8 Å². The molecule has 134 valence electrons. The number of hydrogen-bond acceptors (Lipinski definition) is 3. The van der Waals surface area contributed by atoms with Crippen LogP contribution < -0.4 is 5.32 Å². The molecule has 1 heterocycles. The van der Waals surface area contributed by atoms with Crippen LogP contribution in [0, 0.1) is 12.8 Å². The van der Waals surface area contributed by atoms with Crippen LogP contribution in [0.1, 0.15) is 5.56 Å². The fourth-order valence-electron chi connectivity index (χ4n) is 2.71. The number of anilines is 1. The Balaban J connectivity index is 1.87. The standard InChI is InChI=1S/C19H20N4O3/c1-13-7-9-14(10-8-13)20-18(24)22-17-15-5-3-4-6-16(15)21-19(25)23(17)11-12-26-2/h3-10,15H,11-12H2,1-2H3,(H,20,24)/b22-17-. The summed E-state index contributed by atoms with van der Waals surface area (Å²) in [5, 5.41) is 2.73. The number of aryl methyl sites for hydroxylation is 1. The molecule has 1 aromatic carbocycles. The molecule has 0 fully saturated rings. The highest BCUT2D eigenvalue weighted by atomic mass is 16.5. The maximum atomic E-state index is 12.4. The number of allylic oxidation sites excluding steroid dienone is 3. The monoisotopic (exact) mass is 352 g/mol. The van der Waals surface area contributed by atoms with E-state index in [1.165, 1.54) is 4.90 Å². The summed E-state index contributed by atoms with van der Waals surface area (Å²) in [6, 6.07) is 6.42. The number of nitrogens with zero attached hydrogens (tertiary/aromatic N) is 3. The molecule has 1 unspecified atom stereocenters. The third kappa shape index (κ3) is 3.94. The fraction of sp³-hybridized carbons (Fsp3) is 0.263. The van der Waals surface area contributed by atoms with Gasteiger partial charge in [0.15, 0.2) is 0 Å². The second-order valence-corrected chi connectivity index (χ2v) is 5.95. The van der Waals surface area contributed by atoms with Crippen LogP contribution in [0.15, 0.2) is 58.6 Å². The quantitative estimate of drug-likeness (QED) is 0.903. The summed E-state index contributed by atoms with van der Waals surface area (Å²) >= 11 is 0. The van der Waals surface area contributed by atoms with Gasteiger partial charge in [-0.05, 0) is 25.1 Å². The summed E-state index contributed by atoms with van der Waals surface area (Å²) in [6.07, 6.45) is 7.27. The van der Waals surface area contributed by atoms with Crippen LogP contribution in [0.3, 0.4) is 0 Å². The minimum Gasteiger partial charge on any atom is -0.383 e. The first-order valence-corrected chi connectivity index (χ1v) is 8.28. The molecule has 1 N–H and O–H groups in total. The smallest absolute Gasteiger partial charge is 0.349 e. The van der Waals surface area contributed by atoms with Gasteiger partial charge in [-0.25, -0.2) is 9.59 Å². The summed E-state index contributed by atoms with van der Waals surface area (Å²) in [5.74, 6) is 0.0144. The number of carbonyl (C=O) groups is 2. The zero-order chi connectivity index (χ0) is 18.5. The van der Waals surface area contributed by atoms with Crippen molar-refractivity contribution in [1.82, 2.24) is 4.90 Å². The van der Waals surface area contributed by atoms with Crippen molar-refractivity contribution in [2.45, 2.75) is 6.92 Å². The molecule has 7 nitrogen and oxygen atoms in total. The minimum atomic E-state index is -0.539. The number of ether oxygens (including phenoxy) is 1. The molecule has 4 amide bonds. The van der Waals surface area contributed by atoms with Gasteiger partial charge in [0.1, 0.15) is 5.84 Å². The van der Waals surface area contributed by atoms with Crippen molar-refractivity contribution in [2.75, 3.05) is 25.6 Å².